The molecule has 0 aromatic carbocycles. The molecule has 4 nitrogen and oxygen atoms in total. The molecule has 0 saturated heterocycles. The molecule has 1 aromatic rings. The van der Waals surface area contributed by atoms with Crippen LogP contribution in [0.3, 0.4) is 0 Å². The number of hydrogen-bond donors (Lipinski definition) is 3. The first-order chi connectivity index (χ1) is 12.7. The predicted molar refractivity (Wildman–Crippen MR) is 105 cm³/mol. The largest absolute Gasteiger partial charge is 0.393 e. The van der Waals surface area contributed by atoms with Crippen molar-refractivity contribution < 1.29 is 15.3 Å². The van der Waals surface area contributed by atoms with Crippen molar-refractivity contribution in [1.29, 1.82) is 0 Å². The highest BCUT2D eigenvalue weighted by Gasteiger charge is 2.72. The van der Waals surface area contributed by atoms with Crippen LogP contribution in [0.1, 0.15) is 76.6 Å². The Balaban J connectivity index is 1.52. The van der Waals surface area contributed by atoms with Crippen LogP contribution in [0.5, 0.6) is 0 Å². The molecule has 4 aliphatic rings. The van der Waals surface area contributed by atoms with Gasteiger partial charge in [0, 0.05) is 17.0 Å². The molecule has 0 aliphatic heterocycles. The van der Waals surface area contributed by atoms with E-state index < -0.39 is 16.6 Å². The molecule has 0 spiro atoms. The van der Waals surface area contributed by atoms with Gasteiger partial charge in [0.2, 0.25) is 0 Å². The van der Waals surface area contributed by atoms with Crippen molar-refractivity contribution >= 4 is 11.3 Å². The fourth-order valence-electron chi connectivity index (χ4n) is 7.99. The molecule has 4 fully saturated rings. The van der Waals surface area contributed by atoms with E-state index in [0.717, 1.165) is 50.0 Å². The van der Waals surface area contributed by atoms with Crippen molar-refractivity contribution in [3.05, 3.63) is 16.6 Å². The summed E-state index contributed by atoms with van der Waals surface area (Å²) in [6.07, 6.45) is 9.85. The molecule has 3 N–H and O–H groups in total. The standard InChI is InChI=1S/C22H33NO3S/c1-19-7-5-15(24)13-14(19)3-4-17-16(19)6-8-20(2)21(17,25)9-10-22(20,26)18-23-11-12-27-18/h11-12,14-17,24-26H,3-10,13H2,1-2H3/t14?,15?,16-,17-,19+,20+,21-,22?/m1/s1. The molecule has 1 aromatic heterocycles. The molecule has 27 heavy (non-hydrogen) atoms. The van der Waals surface area contributed by atoms with Gasteiger partial charge in [0.1, 0.15) is 10.6 Å². The van der Waals surface area contributed by atoms with Gasteiger partial charge in [-0.1, -0.05) is 13.8 Å². The molecule has 5 rings (SSSR count). The van der Waals surface area contributed by atoms with Gasteiger partial charge < -0.3 is 15.3 Å². The van der Waals surface area contributed by atoms with E-state index in [0.29, 0.717) is 24.7 Å². The SMILES string of the molecule is C[C@]12CCC(O)CC1CC[C@@H]1[C@H]2CC[C@]2(C)C(O)(c3nccs3)CC[C@@]12O. The minimum atomic E-state index is -1.01. The van der Waals surface area contributed by atoms with Crippen LogP contribution in [0.2, 0.25) is 0 Å². The van der Waals surface area contributed by atoms with Crippen LogP contribution in [-0.4, -0.2) is 32.0 Å². The normalized spacial score (nSPS) is 54.9. The molecule has 150 valence electrons. The summed E-state index contributed by atoms with van der Waals surface area (Å²) in [7, 11) is 0. The Morgan fingerprint density at radius 1 is 1.00 bits per heavy atom. The third-order valence-electron chi connectivity index (χ3n) is 9.76. The Morgan fingerprint density at radius 3 is 2.56 bits per heavy atom. The van der Waals surface area contributed by atoms with E-state index >= 15 is 0 Å². The van der Waals surface area contributed by atoms with Gasteiger partial charge in [-0.3, -0.25) is 0 Å². The Bertz CT molecular complexity index is 725. The van der Waals surface area contributed by atoms with Crippen LogP contribution < -0.4 is 0 Å². The number of aromatic nitrogens is 1. The highest BCUT2D eigenvalue weighted by atomic mass is 32.1. The van der Waals surface area contributed by atoms with Gasteiger partial charge in [-0.05, 0) is 81.0 Å². The van der Waals surface area contributed by atoms with E-state index in [1.807, 2.05) is 5.38 Å². The third kappa shape index (κ3) is 2.18. The number of fused-ring (bicyclic) bond motifs is 5. The second kappa shape index (κ2) is 5.78. The van der Waals surface area contributed by atoms with Crippen LogP contribution in [-0.2, 0) is 5.60 Å². The first-order valence-corrected chi connectivity index (χ1v) is 11.7. The molecule has 3 unspecified atom stereocenters. The molecule has 8 atom stereocenters. The van der Waals surface area contributed by atoms with Crippen molar-refractivity contribution in [1.82, 2.24) is 4.98 Å². The molecule has 0 bridgehead atoms. The topological polar surface area (TPSA) is 73.6 Å². The third-order valence-corrected chi connectivity index (χ3v) is 10.7. The summed E-state index contributed by atoms with van der Waals surface area (Å²) in [6, 6.07) is 0. The van der Waals surface area contributed by atoms with E-state index in [1.54, 1.807) is 6.20 Å². The second-order valence-electron chi connectivity index (χ2n) is 10.4. The zero-order valence-corrected chi connectivity index (χ0v) is 17.3. The molecular formula is C22H33NO3S. The number of aliphatic hydroxyl groups excluding tert-OH is 1. The highest BCUT2D eigenvalue weighted by molar-refractivity contribution is 7.09. The lowest BCUT2D eigenvalue weighted by Gasteiger charge is -2.64. The summed E-state index contributed by atoms with van der Waals surface area (Å²) in [5.74, 6) is 1.33. The van der Waals surface area contributed by atoms with Crippen molar-refractivity contribution in [2.24, 2.45) is 28.6 Å². The van der Waals surface area contributed by atoms with Crippen LogP contribution >= 0.6 is 11.3 Å². The van der Waals surface area contributed by atoms with Crippen molar-refractivity contribution in [2.45, 2.75) is 88.9 Å². The molecule has 0 radical (unpaired) electrons. The molecule has 4 saturated carbocycles. The fourth-order valence-corrected chi connectivity index (χ4v) is 8.89. The smallest absolute Gasteiger partial charge is 0.125 e. The first kappa shape index (κ1) is 18.5. The summed E-state index contributed by atoms with van der Waals surface area (Å²) < 4.78 is 0. The Morgan fingerprint density at radius 2 is 1.81 bits per heavy atom. The molecule has 4 aliphatic carbocycles. The monoisotopic (exact) mass is 391 g/mol. The predicted octanol–water partition coefficient (Wildman–Crippen LogP) is 3.85. The summed E-state index contributed by atoms with van der Waals surface area (Å²) >= 11 is 1.52. The lowest BCUT2D eigenvalue weighted by molar-refractivity contribution is -0.238. The minimum Gasteiger partial charge on any atom is -0.393 e. The fraction of sp³-hybridized carbons (Fsp3) is 0.864. The Labute approximate surface area is 166 Å². The summed E-state index contributed by atoms with van der Waals surface area (Å²) in [5.41, 5.74) is -2.14. The molecule has 0 amide bonds. The molecular weight excluding hydrogens is 358 g/mol. The zero-order valence-electron chi connectivity index (χ0n) is 16.5. The summed E-state index contributed by atoms with van der Waals surface area (Å²) in [6.45, 7) is 4.55. The van der Waals surface area contributed by atoms with Crippen molar-refractivity contribution in [2.75, 3.05) is 0 Å². The maximum Gasteiger partial charge on any atom is 0.125 e. The number of aliphatic hydroxyl groups is 3. The Hall–Kier alpha value is -0.490. The number of hydrogen-bond acceptors (Lipinski definition) is 5. The van der Waals surface area contributed by atoms with E-state index in [1.165, 1.54) is 11.3 Å². The lowest BCUT2D eigenvalue weighted by atomic mass is 9.43. The number of rotatable bonds is 1. The van der Waals surface area contributed by atoms with E-state index in [9.17, 15) is 15.3 Å². The van der Waals surface area contributed by atoms with Crippen LogP contribution in [0, 0.1) is 28.6 Å². The maximum absolute atomic E-state index is 12.1. The van der Waals surface area contributed by atoms with Gasteiger partial charge in [0.15, 0.2) is 0 Å². The lowest BCUT2D eigenvalue weighted by Crippen LogP contribution is -2.64. The van der Waals surface area contributed by atoms with E-state index in [2.05, 4.69) is 18.8 Å². The highest BCUT2D eigenvalue weighted by Crippen LogP contribution is 2.71. The van der Waals surface area contributed by atoms with Crippen LogP contribution in [0.4, 0.5) is 0 Å². The van der Waals surface area contributed by atoms with E-state index in [-0.39, 0.29) is 17.4 Å². The number of nitrogens with zero attached hydrogens (tertiary/aromatic N) is 1. The second-order valence-corrected chi connectivity index (χ2v) is 11.3. The van der Waals surface area contributed by atoms with Crippen LogP contribution in [0.15, 0.2) is 11.6 Å². The number of thiazole rings is 1. The average molecular weight is 392 g/mol. The van der Waals surface area contributed by atoms with Gasteiger partial charge in [-0.25, -0.2) is 4.98 Å². The van der Waals surface area contributed by atoms with Gasteiger partial charge >= 0.3 is 0 Å². The Kier molecular flexibility index (Phi) is 3.96. The van der Waals surface area contributed by atoms with Gasteiger partial charge in [0.25, 0.3) is 0 Å². The van der Waals surface area contributed by atoms with Gasteiger partial charge in [-0.2, -0.15) is 0 Å². The quantitative estimate of drug-likeness (QED) is 0.680. The molecule has 5 heteroatoms. The summed E-state index contributed by atoms with van der Waals surface area (Å²) in [4.78, 5) is 4.46. The van der Waals surface area contributed by atoms with Gasteiger partial charge in [-0.15, -0.1) is 11.3 Å². The average Bonchev–Trinajstić information content (AvgIpc) is 3.24. The minimum absolute atomic E-state index is 0.141. The first-order valence-electron chi connectivity index (χ1n) is 10.8. The van der Waals surface area contributed by atoms with Crippen molar-refractivity contribution in [3.63, 3.8) is 0 Å². The molecule has 1 heterocycles. The summed E-state index contributed by atoms with van der Waals surface area (Å²) in [5, 5.41) is 36.8. The van der Waals surface area contributed by atoms with E-state index in [4.69, 9.17) is 0 Å². The van der Waals surface area contributed by atoms with Crippen LogP contribution in [0.25, 0.3) is 0 Å². The van der Waals surface area contributed by atoms with Crippen molar-refractivity contribution in [3.8, 4) is 0 Å². The van der Waals surface area contributed by atoms with Gasteiger partial charge in [0.05, 0.1) is 11.7 Å². The maximum atomic E-state index is 12.1. The zero-order chi connectivity index (χ0) is 19.1.